The molecule has 3 N–H and O–H groups in total. The summed E-state index contributed by atoms with van der Waals surface area (Å²) in [6.45, 7) is 16.0. The van der Waals surface area contributed by atoms with Gasteiger partial charge in [0.1, 0.15) is 23.2 Å². The monoisotopic (exact) mass is 481 g/mol. The lowest BCUT2D eigenvalue weighted by Crippen LogP contribution is -2.59. The normalized spacial score (nSPS) is 27.4. The number of hydrogen-bond acceptors (Lipinski definition) is 7. The summed E-state index contributed by atoms with van der Waals surface area (Å²) >= 11 is 0. The molecule has 34 heavy (non-hydrogen) atoms. The number of esters is 1. The number of carbonyl (C=O) groups is 4. The number of likely N-dealkylation sites (tertiary alicyclic amines) is 1. The molecule has 1 aliphatic carbocycles. The van der Waals surface area contributed by atoms with Crippen molar-refractivity contribution in [3.63, 3.8) is 0 Å². The standard InChI is InChI=1S/C24H39N3O7/c1-9-14-12-24(14,20(31)33-10-2)26-18(29)16-11-15(28)13-27(16)19(30)17(22(3,4)5)25-21(32)34-23(6,7)8/h9,14-17,28H,1,10-13H2,2-8H3,(H,25,32)(H,26,29)/t14-,15-,16+,17-,24-/m1/s1. The number of amides is 3. The van der Waals surface area contributed by atoms with Gasteiger partial charge in [0.15, 0.2) is 0 Å². The zero-order valence-corrected chi connectivity index (χ0v) is 21.3. The predicted molar refractivity (Wildman–Crippen MR) is 125 cm³/mol. The van der Waals surface area contributed by atoms with E-state index in [4.69, 9.17) is 9.47 Å². The summed E-state index contributed by atoms with van der Waals surface area (Å²) in [6.07, 6.45) is 0.280. The molecule has 2 aliphatic rings. The van der Waals surface area contributed by atoms with Gasteiger partial charge in [0.25, 0.3) is 0 Å². The summed E-state index contributed by atoms with van der Waals surface area (Å²) in [6, 6.07) is -2.02. The van der Waals surface area contributed by atoms with Crippen molar-refractivity contribution in [3.05, 3.63) is 12.7 Å². The smallest absolute Gasteiger partial charge is 0.408 e. The van der Waals surface area contributed by atoms with Gasteiger partial charge in [-0.3, -0.25) is 9.59 Å². The van der Waals surface area contributed by atoms with Crippen LogP contribution in [-0.4, -0.2) is 76.4 Å². The number of aliphatic hydroxyl groups excluding tert-OH is 1. The second kappa shape index (κ2) is 9.93. The molecule has 1 aliphatic heterocycles. The van der Waals surface area contributed by atoms with E-state index in [2.05, 4.69) is 17.2 Å². The summed E-state index contributed by atoms with van der Waals surface area (Å²) in [5.74, 6) is -1.91. The molecule has 0 aromatic carbocycles. The zero-order valence-electron chi connectivity index (χ0n) is 21.3. The van der Waals surface area contributed by atoms with Gasteiger partial charge in [0, 0.05) is 18.9 Å². The molecule has 2 rings (SSSR count). The minimum atomic E-state index is -1.21. The molecule has 0 unspecified atom stereocenters. The van der Waals surface area contributed by atoms with Gasteiger partial charge in [0.05, 0.1) is 12.7 Å². The van der Waals surface area contributed by atoms with Crippen molar-refractivity contribution in [2.45, 2.75) is 90.6 Å². The minimum Gasteiger partial charge on any atom is -0.464 e. The second-order valence-electron chi connectivity index (χ2n) is 11.1. The van der Waals surface area contributed by atoms with Gasteiger partial charge >= 0.3 is 12.1 Å². The first-order valence-corrected chi connectivity index (χ1v) is 11.7. The van der Waals surface area contributed by atoms with Gasteiger partial charge in [-0.2, -0.15) is 0 Å². The summed E-state index contributed by atoms with van der Waals surface area (Å²) in [5.41, 5.74) is -2.68. The van der Waals surface area contributed by atoms with Gasteiger partial charge in [-0.25, -0.2) is 9.59 Å². The van der Waals surface area contributed by atoms with Crippen molar-refractivity contribution in [2.75, 3.05) is 13.2 Å². The number of alkyl carbamates (subject to hydrolysis) is 1. The quantitative estimate of drug-likeness (QED) is 0.371. The lowest BCUT2D eigenvalue weighted by Gasteiger charge is -2.36. The number of ether oxygens (including phenoxy) is 2. The van der Waals surface area contributed by atoms with Gasteiger partial charge in [-0.15, -0.1) is 6.58 Å². The van der Waals surface area contributed by atoms with E-state index in [1.54, 1.807) is 54.5 Å². The van der Waals surface area contributed by atoms with Crippen molar-refractivity contribution in [3.8, 4) is 0 Å². The third kappa shape index (κ3) is 6.28. The van der Waals surface area contributed by atoms with Crippen molar-refractivity contribution in [1.82, 2.24) is 15.5 Å². The van der Waals surface area contributed by atoms with E-state index in [0.29, 0.717) is 6.42 Å². The molecule has 3 amide bonds. The lowest BCUT2D eigenvalue weighted by molar-refractivity contribution is -0.150. The fourth-order valence-corrected chi connectivity index (χ4v) is 4.11. The molecular formula is C24H39N3O7. The first-order valence-electron chi connectivity index (χ1n) is 11.7. The highest BCUT2D eigenvalue weighted by Gasteiger charge is 2.62. The third-order valence-electron chi connectivity index (χ3n) is 5.92. The Labute approximate surface area is 201 Å². The SMILES string of the molecule is C=C[C@@H]1C[C@]1(NC(=O)[C@@H]1C[C@@H](O)CN1C(=O)[C@@H](NC(=O)OC(C)(C)C)C(C)(C)C)C(=O)OCC. The van der Waals surface area contributed by atoms with Gasteiger partial charge in [-0.1, -0.05) is 26.8 Å². The third-order valence-corrected chi connectivity index (χ3v) is 5.92. The highest BCUT2D eigenvalue weighted by molar-refractivity contribution is 5.96. The topological polar surface area (TPSA) is 134 Å². The Balaban J connectivity index is 2.24. The van der Waals surface area contributed by atoms with Gasteiger partial charge < -0.3 is 30.1 Å². The largest absolute Gasteiger partial charge is 0.464 e. The van der Waals surface area contributed by atoms with E-state index >= 15 is 0 Å². The Morgan fingerprint density at radius 1 is 1.21 bits per heavy atom. The van der Waals surface area contributed by atoms with E-state index in [1.807, 2.05) is 0 Å². The molecule has 1 heterocycles. The maximum absolute atomic E-state index is 13.5. The summed E-state index contributed by atoms with van der Waals surface area (Å²) in [5, 5.41) is 15.7. The maximum atomic E-state index is 13.5. The van der Waals surface area contributed by atoms with Gasteiger partial charge in [0.2, 0.25) is 11.8 Å². The molecule has 1 saturated carbocycles. The molecule has 10 nitrogen and oxygen atoms in total. The fourth-order valence-electron chi connectivity index (χ4n) is 4.11. The molecule has 0 bridgehead atoms. The van der Waals surface area contributed by atoms with Crippen LogP contribution in [0.15, 0.2) is 12.7 Å². The number of hydrogen-bond donors (Lipinski definition) is 3. The van der Waals surface area contributed by atoms with Crippen LogP contribution in [0.4, 0.5) is 4.79 Å². The second-order valence-corrected chi connectivity index (χ2v) is 11.1. The molecule has 1 saturated heterocycles. The molecule has 10 heteroatoms. The van der Waals surface area contributed by atoms with Crippen LogP contribution < -0.4 is 10.6 Å². The Morgan fingerprint density at radius 2 is 1.82 bits per heavy atom. The Bertz CT molecular complexity index is 829. The number of carbonyl (C=O) groups excluding carboxylic acids is 4. The van der Waals surface area contributed by atoms with Crippen molar-refractivity contribution in [1.29, 1.82) is 0 Å². The molecular weight excluding hydrogens is 442 g/mol. The van der Waals surface area contributed by atoms with E-state index in [1.165, 1.54) is 4.90 Å². The highest BCUT2D eigenvalue weighted by Crippen LogP contribution is 2.45. The van der Waals surface area contributed by atoms with Crippen LogP contribution in [0.25, 0.3) is 0 Å². The Kier molecular flexibility index (Phi) is 8.07. The van der Waals surface area contributed by atoms with E-state index in [-0.39, 0.29) is 25.5 Å². The molecule has 2 fully saturated rings. The number of nitrogens with zero attached hydrogens (tertiary/aromatic N) is 1. The number of β-amino-alcohol motifs (C(OH)–C–C–N with tert-alkyl or cyclic N) is 1. The van der Waals surface area contributed by atoms with E-state index in [9.17, 15) is 24.3 Å². The average molecular weight is 482 g/mol. The number of rotatable bonds is 7. The van der Waals surface area contributed by atoms with Crippen molar-refractivity contribution >= 4 is 23.9 Å². The van der Waals surface area contributed by atoms with Crippen LogP contribution in [0.2, 0.25) is 0 Å². The van der Waals surface area contributed by atoms with Crippen molar-refractivity contribution < 1.29 is 33.8 Å². The molecule has 0 radical (unpaired) electrons. The summed E-state index contributed by atoms with van der Waals surface area (Å²) in [7, 11) is 0. The zero-order chi connectivity index (χ0) is 26.1. The molecule has 5 atom stereocenters. The molecule has 0 aromatic heterocycles. The minimum absolute atomic E-state index is 0.0124. The average Bonchev–Trinajstić information content (AvgIpc) is 3.26. The van der Waals surface area contributed by atoms with E-state index in [0.717, 1.165) is 0 Å². The van der Waals surface area contributed by atoms with E-state index < -0.39 is 58.6 Å². The Morgan fingerprint density at radius 3 is 2.29 bits per heavy atom. The van der Waals surface area contributed by atoms with Gasteiger partial charge in [-0.05, 0) is 39.5 Å². The van der Waals surface area contributed by atoms with Crippen LogP contribution in [0.3, 0.4) is 0 Å². The number of nitrogens with one attached hydrogen (secondary N) is 2. The molecule has 0 aromatic rings. The maximum Gasteiger partial charge on any atom is 0.408 e. The van der Waals surface area contributed by atoms with Crippen LogP contribution in [0.5, 0.6) is 0 Å². The first-order chi connectivity index (χ1) is 15.6. The molecule has 0 spiro atoms. The highest BCUT2D eigenvalue weighted by atomic mass is 16.6. The summed E-state index contributed by atoms with van der Waals surface area (Å²) < 4.78 is 10.4. The van der Waals surface area contributed by atoms with Crippen LogP contribution in [0, 0.1) is 11.3 Å². The fraction of sp³-hybridized carbons (Fsp3) is 0.750. The van der Waals surface area contributed by atoms with Crippen LogP contribution in [0.1, 0.15) is 61.3 Å². The number of aliphatic hydroxyl groups is 1. The molecule has 192 valence electrons. The first kappa shape index (κ1) is 27.6. The predicted octanol–water partition coefficient (Wildman–Crippen LogP) is 1.51. The lowest BCUT2D eigenvalue weighted by atomic mass is 9.85. The summed E-state index contributed by atoms with van der Waals surface area (Å²) in [4.78, 5) is 53.0. The van der Waals surface area contributed by atoms with Crippen molar-refractivity contribution in [2.24, 2.45) is 11.3 Å². The Hall–Kier alpha value is -2.62. The van der Waals surface area contributed by atoms with Crippen LogP contribution >= 0.6 is 0 Å². The van der Waals surface area contributed by atoms with Crippen LogP contribution in [-0.2, 0) is 23.9 Å².